The molecule has 1 aliphatic carbocycles. The largest absolute Gasteiger partial charge is 0.349 e. The maximum atomic E-state index is 12.7. The number of aromatic nitrogens is 1. The summed E-state index contributed by atoms with van der Waals surface area (Å²) in [5, 5.41) is 7.06. The first-order valence-electron chi connectivity index (χ1n) is 11.1. The molecule has 2 heterocycles. The molecule has 0 spiro atoms. The van der Waals surface area contributed by atoms with Gasteiger partial charge in [-0.25, -0.2) is 4.98 Å². The van der Waals surface area contributed by atoms with Gasteiger partial charge in [0.2, 0.25) is 5.91 Å². The first kappa shape index (κ1) is 21.1. The number of hydrogen-bond acceptors (Lipinski definition) is 6. The highest BCUT2D eigenvalue weighted by atomic mass is 32.1. The fraction of sp³-hybridized carbons (Fsp3) is 0.375. The van der Waals surface area contributed by atoms with Crippen molar-refractivity contribution in [1.29, 1.82) is 0 Å². The van der Waals surface area contributed by atoms with Crippen LogP contribution in [0.25, 0.3) is 10.2 Å². The molecule has 1 saturated carbocycles. The molecule has 2 aliphatic rings. The highest BCUT2D eigenvalue weighted by Crippen LogP contribution is 2.23. The zero-order valence-corrected chi connectivity index (χ0v) is 18.7. The fourth-order valence-electron chi connectivity index (χ4n) is 3.96. The second-order valence-corrected chi connectivity index (χ2v) is 9.58. The zero-order chi connectivity index (χ0) is 21.9. The number of carbonyl (C=O) groups excluding carboxylic acids is 2. The maximum absolute atomic E-state index is 12.7. The van der Waals surface area contributed by atoms with Crippen molar-refractivity contribution in [2.75, 3.05) is 38.0 Å². The lowest BCUT2D eigenvalue weighted by Gasteiger charge is -2.33. The molecule has 0 unspecified atom stereocenters. The molecule has 0 radical (unpaired) electrons. The van der Waals surface area contributed by atoms with Crippen LogP contribution in [-0.4, -0.2) is 65.4 Å². The quantitative estimate of drug-likeness (QED) is 0.580. The van der Waals surface area contributed by atoms with Crippen LogP contribution in [0.15, 0.2) is 48.5 Å². The molecule has 3 aromatic rings. The Labute approximate surface area is 191 Å². The Morgan fingerprint density at radius 3 is 2.47 bits per heavy atom. The van der Waals surface area contributed by atoms with E-state index in [0.29, 0.717) is 17.8 Å². The van der Waals surface area contributed by atoms with E-state index < -0.39 is 0 Å². The predicted molar refractivity (Wildman–Crippen MR) is 127 cm³/mol. The van der Waals surface area contributed by atoms with Crippen LogP contribution in [0.4, 0.5) is 5.69 Å². The van der Waals surface area contributed by atoms with E-state index in [1.165, 1.54) is 4.70 Å². The Morgan fingerprint density at radius 2 is 1.69 bits per heavy atom. The lowest BCUT2D eigenvalue weighted by molar-refractivity contribution is -0.117. The van der Waals surface area contributed by atoms with Gasteiger partial charge in [-0.05, 0) is 37.1 Å². The number of para-hydroxylation sites is 2. The van der Waals surface area contributed by atoms with Gasteiger partial charge in [0.15, 0.2) is 0 Å². The maximum Gasteiger partial charge on any atom is 0.253 e. The van der Waals surface area contributed by atoms with Gasteiger partial charge in [-0.2, -0.15) is 0 Å². The summed E-state index contributed by atoms with van der Waals surface area (Å²) < 4.78 is 1.23. The summed E-state index contributed by atoms with van der Waals surface area (Å²) in [4.78, 5) is 34.4. The van der Waals surface area contributed by atoms with Crippen molar-refractivity contribution in [3.63, 3.8) is 0 Å². The first-order chi connectivity index (χ1) is 15.6. The number of hydrogen-bond donors (Lipinski definition) is 2. The Bertz CT molecular complexity index is 1090. The average molecular weight is 450 g/mol. The van der Waals surface area contributed by atoms with Crippen molar-refractivity contribution in [3.8, 4) is 0 Å². The summed E-state index contributed by atoms with van der Waals surface area (Å²) in [6.45, 7) is 4.66. The van der Waals surface area contributed by atoms with E-state index in [4.69, 9.17) is 4.98 Å². The van der Waals surface area contributed by atoms with E-state index in [1.807, 2.05) is 24.3 Å². The minimum absolute atomic E-state index is 0.0868. The molecule has 1 aromatic heterocycles. The standard InChI is InChI=1S/C24H27N5O2S/c30-22(26-19-6-2-1-5-18(19)24(31)25-17-9-10-17)15-28-11-13-29(14-12-28)16-23-27-20-7-3-4-8-21(20)32-23/h1-8,17H,9-16H2,(H,25,31)(H,26,30). The molecule has 2 N–H and O–H groups in total. The molecule has 32 heavy (non-hydrogen) atoms. The van der Waals surface area contributed by atoms with Crippen LogP contribution in [0.1, 0.15) is 28.2 Å². The Kier molecular flexibility index (Phi) is 6.16. The highest BCUT2D eigenvalue weighted by molar-refractivity contribution is 7.18. The van der Waals surface area contributed by atoms with Gasteiger partial charge in [0.05, 0.1) is 34.6 Å². The third-order valence-corrected chi connectivity index (χ3v) is 6.91. The first-order valence-corrected chi connectivity index (χ1v) is 11.9. The number of thiazole rings is 1. The van der Waals surface area contributed by atoms with Crippen LogP contribution in [0.2, 0.25) is 0 Å². The van der Waals surface area contributed by atoms with Crippen molar-refractivity contribution < 1.29 is 9.59 Å². The predicted octanol–water partition coefficient (Wildman–Crippen LogP) is 2.94. The molecule has 2 aromatic carbocycles. The number of fused-ring (bicyclic) bond motifs is 1. The SMILES string of the molecule is O=C(CN1CCN(Cc2nc3ccccc3s2)CC1)Nc1ccccc1C(=O)NC1CC1. The smallest absolute Gasteiger partial charge is 0.253 e. The minimum Gasteiger partial charge on any atom is -0.349 e. The van der Waals surface area contributed by atoms with E-state index in [-0.39, 0.29) is 17.9 Å². The minimum atomic E-state index is -0.119. The van der Waals surface area contributed by atoms with Crippen LogP contribution in [0.3, 0.4) is 0 Å². The Balaban J connectivity index is 1.11. The molecule has 0 bridgehead atoms. The fourth-order valence-corrected chi connectivity index (χ4v) is 4.97. The normalized spacial score (nSPS) is 17.4. The number of carbonyl (C=O) groups is 2. The van der Waals surface area contributed by atoms with Crippen molar-refractivity contribution in [2.24, 2.45) is 0 Å². The van der Waals surface area contributed by atoms with Crippen molar-refractivity contribution in [1.82, 2.24) is 20.1 Å². The monoisotopic (exact) mass is 449 g/mol. The van der Waals surface area contributed by atoms with Gasteiger partial charge in [-0.1, -0.05) is 24.3 Å². The third kappa shape index (κ3) is 5.15. The molecule has 0 atom stereocenters. The second kappa shape index (κ2) is 9.36. The highest BCUT2D eigenvalue weighted by Gasteiger charge is 2.25. The van der Waals surface area contributed by atoms with E-state index >= 15 is 0 Å². The summed E-state index contributed by atoms with van der Waals surface area (Å²) in [5.41, 5.74) is 2.16. The van der Waals surface area contributed by atoms with Crippen molar-refractivity contribution in [3.05, 3.63) is 59.1 Å². The average Bonchev–Trinajstić information content (AvgIpc) is 3.51. The molecule has 8 heteroatoms. The Morgan fingerprint density at radius 1 is 0.969 bits per heavy atom. The molecule has 1 saturated heterocycles. The van der Waals surface area contributed by atoms with Gasteiger partial charge in [-0.3, -0.25) is 19.4 Å². The van der Waals surface area contributed by atoms with Gasteiger partial charge in [0, 0.05) is 32.2 Å². The number of benzene rings is 2. The number of nitrogens with one attached hydrogen (secondary N) is 2. The summed E-state index contributed by atoms with van der Waals surface area (Å²) in [7, 11) is 0. The molecule has 2 fully saturated rings. The summed E-state index contributed by atoms with van der Waals surface area (Å²) in [5.74, 6) is -0.205. The Hall–Kier alpha value is -2.81. The van der Waals surface area contributed by atoms with E-state index in [0.717, 1.165) is 56.1 Å². The topological polar surface area (TPSA) is 77.6 Å². The van der Waals surface area contributed by atoms with Gasteiger partial charge in [-0.15, -0.1) is 11.3 Å². The zero-order valence-electron chi connectivity index (χ0n) is 17.9. The molecule has 2 amide bonds. The molecular weight excluding hydrogens is 422 g/mol. The summed E-state index contributed by atoms with van der Waals surface area (Å²) in [6, 6.07) is 15.7. The summed E-state index contributed by atoms with van der Waals surface area (Å²) >= 11 is 1.75. The van der Waals surface area contributed by atoms with Gasteiger partial charge in [0.25, 0.3) is 5.91 Å². The van der Waals surface area contributed by atoms with Gasteiger partial charge < -0.3 is 10.6 Å². The van der Waals surface area contributed by atoms with Crippen LogP contribution < -0.4 is 10.6 Å². The molecule has 166 valence electrons. The number of anilines is 1. The van der Waals surface area contributed by atoms with Crippen molar-refractivity contribution >= 4 is 39.1 Å². The molecule has 1 aliphatic heterocycles. The number of nitrogens with zero attached hydrogens (tertiary/aromatic N) is 3. The van der Waals surface area contributed by atoms with Gasteiger partial charge in [0.1, 0.15) is 5.01 Å². The molecule has 5 rings (SSSR count). The lowest BCUT2D eigenvalue weighted by atomic mass is 10.1. The van der Waals surface area contributed by atoms with Crippen LogP contribution in [0.5, 0.6) is 0 Å². The molecular formula is C24H27N5O2S. The molecule has 7 nitrogen and oxygen atoms in total. The number of rotatable bonds is 7. The van der Waals surface area contributed by atoms with E-state index in [2.05, 4.69) is 32.6 Å². The number of piperazine rings is 1. The second-order valence-electron chi connectivity index (χ2n) is 8.47. The van der Waals surface area contributed by atoms with Crippen LogP contribution in [-0.2, 0) is 11.3 Å². The summed E-state index contributed by atoms with van der Waals surface area (Å²) in [6.07, 6.45) is 2.07. The van der Waals surface area contributed by atoms with E-state index in [1.54, 1.807) is 23.5 Å². The third-order valence-electron chi connectivity index (χ3n) is 5.89. The van der Waals surface area contributed by atoms with Crippen LogP contribution >= 0.6 is 11.3 Å². The van der Waals surface area contributed by atoms with Crippen molar-refractivity contribution in [2.45, 2.75) is 25.4 Å². The van der Waals surface area contributed by atoms with Gasteiger partial charge >= 0.3 is 0 Å². The van der Waals surface area contributed by atoms with Crippen LogP contribution in [0, 0.1) is 0 Å². The number of amides is 2. The lowest BCUT2D eigenvalue weighted by Crippen LogP contribution is -2.48. The van der Waals surface area contributed by atoms with E-state index in [9.17, 15) is 9.59 Å².